The SMILES string of the molecule is COC(=O)N[C@H](C(=O)N1[C@@H]2C[C@@H]2C[C@H]1c1ncc(-c2cnc3cc(-c4ccc5nc([C@@H]6C[C@H]7C[C@H]7N6C(=O)[C@@H](NC(=O)OC)C6CCOCC6)[nH]c5c4)ccc3n2)[nH]1)C1CCOCC1. The van der Waals surface area contributed by atoms with Crippen molar-refractivity contribution in [1.82, 2.24) is 50.3 Å². The van der Waals surface area contributed by atoms with Crippen LogP contribution in [0.5, 0.6) is 0 Å². The van der Waals surface area contributed by atoms with E-state index >= 15 is 0 Å². The number of alkyl carbamates (subject to hydrolysis) is 2. The van der Waals surface area contributed by atoms with Crippen molar-refractivity contribution in [3.8, 4) is 22.5 Å². The number of piperidine rings is 2. The molecule has 5 aromatic rings. The number of amides is 4. The summed E-state index contributed by atoms with van der Waals surface area (Å²) in [6.45, 7) is 2.21. The number of hydrogen-bond donors (Lipinski definition) is 4. The van der Waals surface area contributed by atoms with Crippen LogP contribution in [0, 0.1) is 23.7 Å². The molecule has 18 heteroatoms. The summed E-state index contributed by atoms with van der Waals surface area (Å²) >= 11 is 0. The summed E-state index contributed by atoms with van der Waals surface area (Å²) in [5.74, 6) is 1.98. The molecule has 0 radical (unpaired) electrons. The Morgan fingerprint density at radius 3 is 1.81 bits per heavy atom. The predicted molar refractivity (Wildman–Crippen MR) is 230 cm³/mol. The van der Waals surface area contributed by atoms with Gasteiger partial charge in [-0.1, -0.05) is 12.1 Å². The topological polar surface area (TPSA) is 219 Å². The summed E-state index contributed by atoms with van der Waals surface area (Å²) in [5.41, 5.74) is 6.41. The van der Waals surface area contributed by atoms with Crippen molar-refractivity contribution in [2.24, 2.45) is 23.7 Å². The lowest BCUT2D eigenvalue weighted by molar-refractivity contribution is -0.138. The van der Waals surface area contributed by atoms with Gasteiger partial charge in [-0.3, -0.25) is 14.6 Å². The van der Waals surface area contributed by atoms with E-state index in [9.17, 15) is 19.2 Å². The number of nitrogens with one attached hydrogen (secondary N) is 4. The summed E-state index contributed by atoms with van der Waals surface area (Å²) in [5, 5.41) is 5.70. The van der Waals surface area contributed by atoms with Crippen LogP contribution in [0.1, 0.15) is 75.1 Å². The highest BCUT2D eigenvalue weighted by molar-refractivity contribution is 5.89. The van der Waals surface area contributed by atoms with Crippen LogP contribution >= 0.6 is 0 Å². The first-order valence-electron chi connectivity index (χ1n) is 22.6. The number of carbonyl (C=O) groups excluding carboxylic acids is 4. The fourth-order valence-electron chi connectivity index (χ4n) is 10.9. The third-order valence-electron chi connectivity index (χ3n) is 14.5. The van der Waals surface area contributed by atoms with Gasteiger partial charge >= 0.3 is 12.2 Å². The molecule has 7 heterocycles. The summed E-state index contributed by atoms with van der Waals surface area (Å²) in [6, 6.07) is 10.5. The van der Waals surface area contributed by atoms with Crippen LogP contribution in [0.3, 0.4) is 0 Å². The van der Waals surface area contributed by atoms with Gasteiger partial charge < -0.3 is 49.3 Å². The van der Waals surface area contributed by atoms with Gasteiger partial charge in [0.1, 0.15) is 29.4 Å². The first-order chi connectivity index (χ1) is 31.2. The van der Waals surface area contributed by atoms with E-state index in [0.29, 0.717) is 81.2 Å². The Morgan fingerprint density at radius 1 is 0.656 bits per heavy atom. The smallest absolute Gasteiger partial charge is 0.407 e. The molecule has 11 rings (SSSR count). The molecular formula is C46H52N10O8. The van der Waals surface area contributed by atoms with E-state index in [1.807, 2.05) is 40.1 Å². The lowest BCUT2D eigenvalue weighted by Crippen LogP contribution is -2.54. The van der Waals surface area contributed by atoms with Crippen LogP contribution in [0.2, 0.25) is 0 Å². The Balaban J connectivity index is 0.804. The number of ether oxygens (including phenoxy) is 4. The summed E-state index contributed by atoms with van der Waals surface area (Å²) in [7, 11) is 2.63. The van der Waals surface area contributed by atoms with Crippen molar-refractivity contribution in [1.29, 1.82) is 0 Å². The number of benzene rings is 2. The first kappa shape index (κ1) is 40.6. The molecule has 2 aliphatic carbocycles. The van der Waals surface area contributed by atoms with Gasteiger partial charge in [0.2, 0.25) is 11.8 Å². The van der Waals surface area contributed by atoms with Gasteiger partial charge in [0, 0.05) is 38.5 Å². The zero-order valence-corrected chi connectivity index (χ0v) is 35.8. The minimum Gasteiger partial charge on any atom is -0.453 e. The summed E-state index contributed by atoms with van der Waals surface area (Å²) < 4.78 is 20.9. The second-order valence-corrected chi connectivity index (χ2v) is 18.2. The van der Waals surface area contributed by atoms with E-state index in [2.05, 4.69) is 26.7 Å². The van der Waals surface area contributed by atoms with Crippen LogP contribution in [0.25, 0.3) is 44.6 Å². The zero-order chi connectivity index (χ0) is 43.6. The number of aromatic nitrogens is 6. The van der Waals surface area contributed by atoms with E-state index < -0.39 is 24.3 Å². The molecule has 3 aromatic heterocycles. The van der Waals surface area contributed by atoms with Crippen molar-refractivity contribution >= 4 is 46.1 Å². The monoisotopic (exact) mass is 872 g/mol. The molecular weight excluding hydrogens is 821 g/mol. The molecule has 8 atom stereocenters. The number of aromatic amines is 2. The van der Waals surface area contributed by atoms with Crippen molar-refractivity contribution in [3.63, 3.8) is 0 Å². The van der Waals surface area contributed by atoms with E-state index in [1.54, 1.807) is 12.4 Å². The average Bonchev–Trinajstić information content (AvgIpc) is 3.95. The van der Waals surface area contributed by atoms with E-state index in [1.165, 1.54) is 14.2 Å². The lowest BCUT2D eigenvalue weighted by Gasteiger charge is -2.35. The number of fused-ring (bicyclic) bond motifs is 4. The fraction of sp³-hybridized carbons (Fsp3) is 0.522. The molecule has 18 nitrogen and oxygen atoms in total. The van der Waals surface area contributed by atoms with E-state index in [-0.39, 0.29) is 47.8 Å². The van der Waals surface area contributed by atoms with Gasteiger partial charge in [-0.25, -0.2) is 24.5 Å². The highest BCUT2D eigenvalue weighted by Crippen LogP contribution is 2.55. The van der Waals surface area contributed by atoms with Gasteiger partial charge in [0.15, 0.2) is 0 Å². The van der Waals surface area contributed by atoms with Crippen molar-refractivity contribution in [2.45, 2.75) is 87.6 Å². The number of H-pyrrole nitrogens is 2. The molecule has 4 saturated heterocycles. The molecule has 4 aliphatic heterocycles. The molecule has 6 aliphatic rings. The van der Waals surface area contributed by atoms with Gasteiger partial charge in [-0.05, 0) is 110 Å². The van der Waals surface area contributed by atoms with E-state index in [4.69, 9.17) is 38.9 Å². The number of likely N-dealkylation sites (tertiary alicyclic amines) is 2. The van der Waals surface area contributed by atoms with Crippen LogP contribution in [0.15, 0.2) is 48.8 Å². The Bertz CT molecular complexity index is 2620. The first-order valence-corrected chi connectivity index (χ1v) is 22.6. The van der Waals surface area contributed by atoms with Gasteiger partial charge in [-0.2, -0.15) is 0 Å². The predicted octanol–water partition coefficient (Wildman–Crippen LogP) is 5.19. The maximum Gasteiger partial charge on any atom is 0.407 e. The standard InChI is InChI=1S/C46H52N10O8/c1-61-45(59)53-39(23-7-11-63-12-8-23)43(57)55-35-17-27(35)19-37(55)41-48-22-34(52-41)33-21-47-31-15-25(3-5-29(31)49-33)26-4-6-30-32(16-26)51-42(50-30)38-20-28-18-36(28)56(38)44(58)40(54-46(60)62-2)24-9-13-64-14-10-24/h3-6,15-16,21-24,27-28,35-40H,7-14,17-20H2,1-2H3,(H,48,52)(H,50,51)(H,53,59)(H,54,60)/t27-,28-,35-,36-,37+,38+,39+,40+/m1/s1. The van der Waals surface area contributed by atoms with Gasteiger partial charge in [0.25, 0.3) is 0 Å². The Hall–Kier alpha value is -6.14. The second kappa shape index (κ2) is 16.4. The molecule has 334 valence electrons. The highest BCUT2D eigenvalue weighted by atomic mass is 16.5. The number of methoxy groups -OCH3 is 2. The highest BCUT2D eigenvalue weighted by Gasteiger charge is 2.58. The molecule has 0 bridgehead atoms. The van der Waals surface area contributed by atoms with Gasteiger partial charge in [0.05, 0.1) is 66.5 Å². The molecule has 4 N–H and O–H groups in total. The third-order valence-corrected chi connectivity index (χ3v) is 14.5. The Kier molecular flexibility index (Phi) is 10.4. The summed E-state index contributed by atoms with van der Waals surface area (Å²) in [6.07, 6.45) is 8.53. The largest absolute Gasteiger partial charge is 0.453 e. The average molecular weight is 873 g/mol. The van der Waals surface area contributed by atoms with Crippen LogP contribution in [-0.4, -0.2) is 129 Å². The van der Waals surface area contributed by atoms with Crippen LogP contribution in [0.4, 0.5) is 9.59 Å². The number of hydrogen-bond acceptors (Lipinski definition) is 12. The molecule has 64 heavy (non-hydrogen) atoms. The number of rotatable bonds is 10. The number of carbonyl (C=O) groups is 4. The van der Waals surface area contributed by atoms with Crippen LogP contribution < -0.4 is 10.6 Å². The summed E-state index contributed by atoms with van der Waals surface area (Å²) in [4.78, 5) is 83.8. The minimum atomic E-state index is -0.701. The second-order valence-electron chi connectivity index (χ2n) is 18.2. The molecule has 0 spiro atoms. The lowest BCUT2D eigenvalue weighted by atomic mass is 9.90. The molecule has 4 amide bonds. The Labute approximate surface area is 368 Å². The zero-order valence-electron chi connectivity index (χ0n) is 35.8. The molecule has 2 saturated carbocycles. The molecule has 2 aromatic carbocycles. The quantitative estimate of drug-likeness (QED) is 0.143. The minimum absolute atomic E-state index is 0.0357. The van der Waals surface area contributed by atoms with Crippen molar-refractivity contribution < 1.29 is 38.1 Å². The molecule has 0 unspecified atom stereocenters. The maximum absolute atomic E-state index is 14.3. The maximum atomic E-state index is 14.3. The third kappa shape index (κ3) is 7.49. The fourth-order valence-corrected chi connectivity index (χ4v) is 10.9. The number of imidazole rings is 2. The van der Waals surface area contributed by atoms with Crippen molar-refractivity contribution in [3.05, 3.63) is 60.4 Å². The normalized spacial score (nSPS) is 26.3. The van der Waals surface area contributed by atoms with Gasteiger partial charge in [-0.15, -0.1) is 0 Å². The Morgan fingerprint density at radius 2 is 1.22 bits per heavy atom. The van der Waals surface area contributed by atoms with Crippen molar-refractivity contribution in [2.75, 3.05) is 40.6 Å². The van der Waals surface area contributed by atoms with E-state index in [0.717, 1.165) is 64.7 Å². The number of nitrogens with zero attached hydrogens (tertiary/aromatic N) is 6. The van der Waals surface area contributed by atoms with Crippen LogP contribution in [-0.2, 0) is 28.5 Å². The molecule has 6 fully saturated rings.